The summed E-state index contributed by atoms with van der Waals surface area (Å²) in [7, 11) is 0. The number of carbonyl (C=O) groups excluding carboxylic acids is 3. The van der Waals surface area contributed by atoms with E-state index in [2.05, 4.69) is 135 Å². The summed E-state index contributed by atoms with van der Waals surface area (Å²) in [5, 5.41) is 42.0. The molecule has 0 saturated heterocycles. The van der Waals surface area contributed by atoms with Crippen molar-refractivity contribution in [2.24, 2.45) is 11.5 Å². The molecule has 3 aliphatic rings. The highest BCUT2D eigenvalue weighted by molar-refractivity contribution is 9.10. The lowest BCUT2D eigenvalue weighted by Crippen LogP contribution is -2.49. The molecule has 0 radical (unpaired) electrons. The number of primary amides is 1. The van der Waals surface area contributed by atoms with E-state index in [1.807, 2.05) is 110 Å². The summed E-state index contributed by atoms with van der Waals surface area (Å²) >= 11 is 3.41. The maximum Gasteiger partial charge on any atom is 0.407 e. The van der Waals surface area contributed by atoms with Crippen molar-refractivity contribution in [2.45, 2.75) is 208 Å². The lowest BCUT2D eigenvalue weighted by Gasteiger charge is -2.34. The number of nitrogens with zero attached hydrogens (tertiary/aromatic N) is 2. The van der Waals surface area contributed by atoms with Crippen LogP contribution in [0.5, 0.6) is 0 Å². The first kappa shape index (κ1) is 71.6. The fraction of sp³-hybridized carbons (Fsp3) is 0.438. The van der Waals surface area contributed by atoms with Gasteiger partial charge in [-0.1, -0.05) is 56.7 Å². The molecule has 91 heavy (non-hydrogen) atoms. The molecule has 3 aliphatic carbocycles. The van der Waals surface area contributed by atoms with Gasteiger partial charge in [-0.15, -0.1) is 0 Å². The van der Waals surface area contributed by atoms with E-state index >= 15 is 0 Å². The predicted octanol–water partition coefficient (Wildman–Crippen LogP) is 16.4. The third-order valence-corrected chi connectivity index (χ3v) is 16.2. The van der Waals surface area contributed by atoms with Crippen LogP contribution >= 0.6 is 15.9 Å². The number of alkyl carbamates (subject to hydrolysis) is 2. The highest BCUT2D eigenvalue weighted by Gasteiger charge is 2.31. The largest absolute Gasteiger partial charge is 0.444 e. The zero-order chi connectivity index (χ0) is 66.6. The summed E-state index contributed by atoms with van der Waals surface area (Å²) in [6.07, 6.45) is 11.9. The molecule has 0 spiro atoms. The van der Waals surface area contributed by atoms with Crippen molar-refractivity contribution < 1.29 is 23.9 Å². The molecule has 3 amide bonds. The molecule has 0 aromatic heterocycles. The lowest BCUT2D eigenvalue weighted by molar-refractivity contribution is 0.0477. The molecule has 6 atom stereocenters. The van der Waals surface area contributed by atoms with Gasteiger partial charge in [-0.25, -0.2) is 9.59 Å². The first-order valence-electron chi connectivity index (χ1n) is 31.8. The van der Waals surface area contributed by atoms with Gasteiger partial charge in [-0.3, -0.25) is 4.79 Å². The van der Waals surface area contributed by atoms with Gasteiger partial charge < -0.3 is 63.9 Å². The number of benzene rings is 6. The minimum absolute atomic E-state index is 0.00919. The van der Waals surface area contributed by atoms with E-state index in [0.717, 1.165) is 120 Å². The third kappa shape index (κ3) is 24.4. The number of hydrogen-bond acceptors (Lipinski definition) is 14. The van der Waals surface area contributed by atoms with E-state index in [1.54, 1.807) is 12.1 Å². The van der Waals surface area contributed by atoms with Gasteiger partial charge >= 0.3 is 12.2 Å². The van der Waals surface area contributed by atoms with Gasteiger partial charge in [0.05, 0.1) is 40.1 Å². The monoisotopic (exact) mass is 1300 g/mol. The molecule has 3 fully saturated rings. The molecule has 486 valence electrons. The number of nitrogens with one attached hydrogen (secondary N) is 7. The Morgan fingerprint density at radius 2 is 0.835 bits per heavy atom. The first-order valence-corrected chi connectivity index (χ1v) is 32.6. The summed E-state index contributed by atoms with van der Waals surface area (Å²) in [4.78, 5) is 36.2. The van der Waals surface area contributed by atoms with Crippen LogP contribution in [0.25, 0.3) is 0 Å². The smallest absolute Gasteiger partial charge is 0.407 e. The van der Waals surface area contributed by atoms with Crippen LogP contribution in [-0.2, 0) is 9.47 Å². The molecule has 9 rings (SSSR count). The molecule has 0 aliphatic heterocycles. The van der Waals surface area contributed by atoms with Crippen molar-refractivity contribution in [2.75, 3.05) is 32.3 Å². The summed E-state index contributed by atoms with van der Waals surface area (Å²) in [6, 6.07) is 40.5. The molecule has 3 saturated carbocycles. The number of rotatable bonds is 13. The summed E-state index contributed by atoms with van der Waals surface area (Å²) in [6.45, 7) is 23.5. The number of nitrogen functional groups attached to an aromatic ring is 1. The first-order chi connectivity index (χ1) is 43.0. The van der Waals surface area contributed by atoms with Crippen molar-refractivity contribution in [3.63, 3.8) is 0 Å². The van der Waals surface area contributed by atoms with Crippen molar-refractivity contribution in [3.05, 3.63) is 164 Å². The van der Waals surface area contributed by atoms with Crippen molar-refractivity contribution in [1.82, 2.24) is 10.6 Å². The van der Waals surface area contributed by atoms with Crippen molar-refractivity contribution in [3.8, 4) is 12.1 Å². The van der Waals surface area contributed by atoms with Crippen LogP contribution in [0.1, 0.15) is 173 Å². The van der Waals surface area contributed by atoms with Crippen molar-refractivity contribution >= 4 is 79.5 Å². The van der Waals surface area contributed by atoms with Crippen LogP contribution in [0.2, 0.25) is 0 Å². The van der Waals surface area contributed by atoms with Crippen LogP contribution in [0, 0.1) is 64.2 Å². The summed E-state index contributed by atoms with van der Waals surface area (Å²) < 4.78 is 11.6. The predicted molar refractivity (Wildman–Crippen MR) is 376 cm³/mol. The van der Waals surface area contributed by atoms with Crippen LogP contribution in [0.15, 0.2) is 114 Å². The number of nitriles is 2. The Labute approximate surface area is 548 Å². The fourth-order valence-electron chi connectivity index (χ4n) is 11.7. The fourth-order valence-corrected chi connectivity index (χ4v) is 12.2. The Balaban J connectivity index is 0.000000204. The van der Waals surface area contributed by atoms with E-state index in [0.29, 0.717) is 22.4 Å². The zero-order valence-corrected chi connectivity index (χ0v) is 57.0. The molecular weight excluding hydrogens is 1200 g/mol. The van der Waals surface area contributed by atoms with E-state index in [-0.39, 0.29) is 48.4 Å². The zero-order valence-electron chi connectivity index (χ0n) is 55.4. The Morgan fingerprint density at radius 1 is 0.473 bits per heavy atom. The molecule has 0 unspecified atom stereocenters. The lowest BCUT2D eigenvalue weighted by atomic mass is 9.90. The second-order valence-electron chi connectivity index (χ2n) is 26.5. The van der Waals surface area contributed by atoms with E-state index < -0.39 is 17.1 Å². The van der Waals surface area contributed by atoms with Gasteiger partial charge in [-0.05, 0) is 262 Å². The summed E-state index contributed by atoms with van der Waals surface area (Å²) in [5.41, 5.74) is 32.1. The highest BCUT2D eigenvalue weighted by Crippen LogP contribution is 2.32. The number of amides is 3. The number of ether oxygens (including phenoxy) is 2. The van der Waals surface area contributed by atoms with E-state index in [9.17, 15) is 19.6 Å². The van der Waals surface area contributed by atoms with Crippen LogP contribution in [0.4, 0.5) is 55.1 Å². The van der Waals surface area contributed by atoms with Gasteiger partial charge in [0.2, 0.25) is 0 Å². The van der Waals surface area contributed by atoms with Crippen LogP contribution < -0.4 is 54.4 Å². The third-order valence-electron chi connectivity index (χ3n) is 15.6. The minimum atomic E-state index is -0.524. The maximum atomic E-state index is 12.3. The second kappa shape index (κ2) is 33.6. The van der Waals surface area contributed by atoms with Crippen LogP contribution in [0.3, 0.4) is 0 Å². The number of nitrogens with two attached hydrogens (primary N) is 3. The molecule has 0 heterocycles. The molecule has 0 bridgehead atoms. The Morgan fingerprint density at radius 3 is 1.24 bits per heavy atom. The molecule has 17 nitrogen and oxygen atoms in total. The highest BCUT2D eigenvalue weighted by atomic mass is 79.9. The standard InChI is InChI=1S/C26H34N4O2.C21H28N4O.C18H24BrN3O2.C8H11N/c1-17-12-18(2)14-21(13-17)29-24-15-20(11-10-19(24)16-27)28-22-8-6-7-9-23(22)30-25(31)32-26(3,4)5;1-13-9-14(2)11-16(10-13)25-20-12-15(7-8-17(20)21(23)26)24-19-6-4-3-5-18(19)22;1-18(2,3)24-17(23)22-16-7-5-4-6-15(16)21-13-9-8-12(11-20)14(19)10-13;1-6-3-7(2)5-8(9)4-6/h10-15,22-23,28-29H,6-9H2,1-5H3,(H,30,31);7-12,18-19,24-25H,3-6,22H2,1-2H3,(H2,23,26);8-10,15-16,21H,4-7H2,1-3H3,(H,22,23);3-5H,9H2,1-2H3/t22-,23+;18-,19+;15-,16+;/m101./s1. The SMILES string of the molecule is CC(C)(C)OC(=O)N[C@H]1CCCC[C@H]1Nc1ccc(C#N)c(Br)c1.Cc1cc(C)cc(N)c1.Cc1cc(C)cc(Nc2cc(N[C@@H]3CCCC[C@@H]3N)ccc2C(N)=O)c1.Cc1cc(C)cc(Nc2cc(N[C@@H]3CCCC[C@@H]3NC(=O)OC(C)(C)C)ccc2C#N)c1. The van der Waals surface area contributed by atoms with E-state index in [1.165, 1.54) is 35.1 Å². The number of hydrogen-bond donors (Lipinski definition) is 10. The molecular formula is C73H97BrN12O5. The van der Waals surface area contributed by atoms with Crippen molar-refractivity contribution in [1.29, 1.82) is 10.5 Å². The normalized spacial score (nSPS) is 18.5. The van der Waals surface area contributed by atoms with Crippen LogP contribution in [-0.4, -0.2) is 65.5 Å². The van der Waals surface area contributed by atoms with E-state index in [4.69, 9.17) is 31.9 Å². The number of aryl methyl sites for hydroxylation is 6. The molecule has 13 N–H and O–H groups in total. The quantitative estimate of drug-likeness (QED) is 0.0482. The topological polar surface area (TPSA) is 280 Å². The molecule has 6 aromatic carbocycles. The van der Waals surface area contributed by atoms with Gasteiger partial charge in [0, 0.05) is 62.8 Å². The van der Waals surface area contributed by atoms with Gasteiger partial charge in [0.1, 0.15) is 23.3 Å². The number of halogens is 1. The second-order valence-corrected chi connectivity index (χ2v) is 27.4. The molecule has 18 heteroatoms. The molecule has 6 aromatic rings. The Hall–Kier alpha value is -8.45. The maximum absolute atomic E-state index is 12.3. The Bertz CT molecular complexity index is 3440. The average molecular weight is 1300 g/mol. The average Bonchev–Trinajstić information content (AvgIpc) is 1.06. The number of carbonyl (C=O) groups is 3. The summed E-state index contributed by atoms with van der Waals surface area (Å²) in [5.74, 6) is -0.446. The minimum Gasteiger partial charge on any atom is -0.444 e. The number of anilines is 8. The Kier molecular flexibility index (Phi) is 26.4. The van der Waals surface area contributed by atoms with Gasteiger partial charge in [0.15, 0.2) is 0 Å². The van der Waals surface area contributed by atoms with Gasteiger partial charge in [-0.2, -0.15) is 10.5 Å². The van der Waals surface area contributed by atoms with Gasteiger partial charge in [0.25, 0.3) is 5.91 Å².